The summed E-state index contributed by atoms with van der Waals surface area (Å²) in [4.78, 5) is 21.1. The Hall–Kier alpha value is -1.25. The number of alkyl halides is 2. The lowest BCUT2D eigenvalue weighted by atomic mass is 10.2. The van der Waals surface area contributed by atoms with Crippen molar-refractivity contribution in [1.29, 1.82) is 0 Å². The average Bonchev–Trinajstić information content (AvgIpc) is 2.20. The Kier molecular flexibility index (Phi) is 4.38. The highest BCUT2D eigenvalue weighted by molar-refractivity contribution is 14.1. The molecule has 92 valence electrons. The molecule has 7 heteroatoms. The number of hydrogen-bond acceptors (Lipinski definition) is 3. The Morgan fingerprint density at radius 3 is 2.29 bits per heavy atom. The van der Waals surface area contributed by atoms with E-state index in [-0.39, 0.29) is 5.75 Å². The van der Waals surface area contributed by atoms with E-state index in [1.165, 1.54) is 12.1 Å². The second-order valence-electron chi connectivity index (χ2n) is 3.11. The van der Waals surface area contributed by atoms with Crippen LogP contribution in [0.15, 0.2) is 24.3 Å². The Morgan fingerprint density at radius 1 is 1.29 bits per heavy atom. The highest BCUT2D eigenvalue weighted by Gasteiger charge is 2.42. The summed E-state index contributed by atoms with van der Waals surface area (Å²) >= 11 is 2.02. The maximum atomic E-state index is 12.7. The van der Waals surface area contributed by atoms with Gasteiger partial charge in [0.25, 0.3) is 0 Å². The summed E-state index contributed by atoms with van der Waals surface area (Å²) in [6, 6.07) is 6.11. The van der Waals surface area contributed by atoms with E-state index in [0.717, 1.165) is 3.57 Å². The lowest BCUT2D eigenvalue weighted by Gasteiger charge is -2.10. The molecule has 0 aliphatic rings. The number of carbonyl (C=O) groups is 2. The van der Waals surface area contributed by atoms with Crippen molar-refractivity contribution in [1.82, 2.24) is 0 Å². The highest BCUT2D eigenvalue weighted by Crippen LogP contribution is 2.21. The Labute approximate surface area is 109 Å². The maximum absolute atomic E-state index is 12.7. The molecule has 0 unspecified atom stereocenters. The van der Waals surface area contributed by atoms with Crippen LogP contribution in [0.3, 0.4) is 0 Å². The van der Waals surface area contributed by atoms with Gasteiger partial charge in [0.1, 0.15) is 12.2 Å². The van der Waals surface area contributed by atoms with Gasteiger partial charge in [-0.2, -0.15) is 8.78 Å². The summed E-state index contributed by atoms with van der Waals surface area (Å²) in [5, 5.41) is 8.13. The van der Waals surface area contributed by atoms with E-state index in [1.807, 2.05) is 22.6 Å². The van der Waals surface area contributed by atoms with Crippen LogP contribution in [0.1, 0.15) is 6.42 Å². The number of hydrogen-bond donors (Lipinski definition) is 1. The molecular formula is C10H7F2IO4. The maximum Gasteiger partial charge on any atom is 0.375 e. The minimum atomic E-state index is -4.11. The molecule has 1 aromatic rings. The number of ether oxygens (including phenoxy) is 1. The van der Waals surface area contributed by atoms with Crippen LogP contribution in [0.4, 0.5) is 8.78 Å². The lowest BCUT2D eigenvalue weighted by molar-refractivity contribution is -0.170. The van der Waals surface area contributed by atoms with Gasteiger partial charge in [0, 0.05) is 3.57 Å². The molecule has 0 aromatic heterocycles. The van der Waals surface area contributed by atoms with Crippen molar-refractivity contribution in [2.75, 3.05) is 0 Å². The minimum absolute atomic E-state index is 0.0941. The summed E-state index contributed by atoms with van der Waals surface area (Å²) in [6.07, 6.45) is -1.49. The lowest BCUT2D eigenvalue weighted by Crippen LogP contribution is -2.32. The number of esters is 1. The van der Waals surface area contributed by atoms with Crippen molar-refractivity contribution in [3.63, 3.8) is 0 Å². The molecule has 17 heavy (non-hydrogen) atoms. The first kappa shape index (κ1) is 13.8. The van der Waals surface area contributed by atoms with Gasteiger partial charge in [0.2, 0.25) is 0 Å². The van der Waals surface area contributed by atoms with Crippen molar-refractivity contribution in [3.8, 4) is 5.75 Å². The molecule has 4 nitrogen and oxygen atoms in total. The van der Waals surface area contributed by atoms with Crippen LogP contribution in [0, 0.1) is 3.57 Å². The predicted octanol–water partition coefficient (Wildman–Crippen LogP) is 2.31. The van der Waals surface area contributed by atoms with E-state index >= 15 is 0 Å². The van der Waals surface area contributed by atoms with Crippen molar-refractivity contribution < 1.29 is 28.2 Å². The molecule has 0 amide bonds. The first-order valence-corrected chi connectivity index (χ1v) is 5.46. The Morgan fingerprint density at radius 2 is 1.82 bits per heavy atom. The molecule has 1 aromatic carbocycles. The van der Waals surface area contributed by atoms with Gasteiger partial charge in [-0.1, -0.05) is 0 Å². The van der Waals surface area contributed by atoms with Crippen molar-refractivity contribution in [3.05, 3.63) is 27.8 Å². The van der Waals surface area contributed by atoms with Crippen LogP contribution in [-0.4, -0.2) is 23.0 Å². The van der Waals surface area contributed by atoms with Gasteiger partial charge < -0.3 is 9.84 Å². The smallest absolute Gasteiger partial charge is 0.375 e. The van der Waals surface area contributed by atoms with E-state index in [2.05, 4.69) is 4.74 Å². The third-order valence-corrected chi connectivity index (χ3v) is 2.44. The number of carboxylic acid groups (broad SMARTS) is 1. The number of carboxylic acids is 1. The summed E-state index contributed by atoms with van der Waals surface area (Å²) in [5.74, 6) is -7.66. The number of benzene rings is 1. The highest BCUT2D eigenvalue weighted by atomic mass is 127. The van der Waals surface area contributed by atoms with Crippen molar-refractivity contribution >= 4 is 34.5 Å². The quantitative estimate of drug-likeness (QED) is 0.511. The van der Waals surface area contributed by atoms with Gasteiger partial charge in [0.15, 0.2) is 0 Å². The van der Waals surface area contributed by atoms with Gasteiger partial charge in [-0.25, -0.2) is 4.79 Å². The molecule has 0 saturated carbocycles. The third-order valence-electron chi connectivity index (χ3n) is 1.72. The van der Waals surface area contributed by atoms with Gasteiger partial charge in [-0.15, -0.1) is 0 Å². The summed E-state index contributed by atoms with van der Waals surface area (Å²) in [6.45, 7) is 0. The Bertz CT molecular complexity index is 430. The number of carbonyl (C=O) groups excluding carboxylic acids is 1. The van der Waals surface area contributed by atoms with Crippen LogP contribution in [-0.2, 0) is 9.59 Å². The van der Waals surface area contributed by atoms with Gasteiger partial charge in [-0.3, -0.25) is 4.79 Å². The first-order chi connectivity index (χ1) is 7.81. The van der Waals surface area contributed by atoms with Crippen LogP contribution in [0.2, 0.25) is 0 Å². The molecule has 0 fully saturated rings. The van der Waals surface area contributed by atoms with E-state index < -0.39 is 24.3 Å². The molecule has 0 aliphatic heterocycles. The van der Waals surface area contributed by atoms with Crippen LogP contribution >= 0.6 is 22.6 Å². The normalized spacial score (nSPS) is 11.0. The predicted molar refractivity (Wildman–Crippen MR) is 62.0 cm³/mol. The largest absolute Gasteiger partial charge is 0.477 e. The topological polar surface area (TPSA) is 63.6 Å². The molecule has 0 bridgehead atoms. The number of aliphatic carboxylic acids is 1. The fourth-order valence-electron chi connectivity index (χ4n) is 0.927. The zero-order valence-corrected chi connectivity index (χ0v) is 10.5. The number of halogens is 3. The van der Waals surface area contributed by atoms with Crippen LogP contribution in [0.5, 0.6) is 5.75 Å². The van der Waals surface area contributed by atoms with Gasteiger partial charge in [0.05, 0.1) is 0 Å². The van der Waals surface area contributed by atoms with Crippen LogP contribution < -0.4 is 4.74 Å². The fraction of sp³-hybridized carbons (Fsp3) is 0.200. The van der Waals surface area contributed by atoms with E-state index in [4.69, 9.17) is 5.11 Å². The number of rotatable bonds is 4. The van der Waals surface area contributed by atoms with Gasteiger partial charge >= 0.3 is 17.9 Å². The Balaban J connectivity index is 2.62. The zero-order chi connectivity index (χ0) is 13.1. The second kappa shape index (κ2) is 5.39. The molecule has 0 radical (unpaired) electrons. The molecule has 0 atom stereocenters. The molecular weight excluding hydrogens is 349 g/mol. The standard InChI is InChI=1S/C10H7F2IO4/c11-10(12,9(15)16)5-8(14)17-7-3-1-6(13)2-4-7/h1-4H,5H2,(H,15,16). The SMILES string of the molecule is O=C(CC(F)(F)C(=O)O)Oc1ccc(I)cc1. The molecule has 0 spiro atoms. The molecule has 1 N–H and O–H groups in total. The van der Waals surface area contributed by atoms with Gasteiger partial charge in [-0.05, 0) is 46.9 Å². The molecule has 0 aliphatic carbocycles. The fourth-order valence-corrected chi connectivity index (χ4v) is 1.29. The van der Waals surface area contributed by atoms with E-state index in [9.17, 15) is 18.4 Å². The molecule has 0 heterocycles. The van der Waals surface area contributed by atoms with Crippen LogP contribution in [0.25, 0.3) is 0 Å². The molecule has 0 saturated heterocycles. The summed E-state index contributed by atoms with van der Waals surface area (Å²) in [5.41, 5.74) is 0. The van der Waals surface area contributed by atoms with E-state index in [1.54, 1.807) is 12.1 Å². The molecule has 1 rings (SSSR count). The zero-order valence-electron chi connectivity index (χ0n) is 8.32. The second-order valence-corrected chi connectivity index (χ2v) is 4.36. The summed E-state index contributed by atoms with van der Waals surface area (Å²) < 4.78 is 30.8. The average molecular weight is 356 g/mol. The monoisotopic (exact) mass is 356 g/mol. The minimum Gasteiger partial charge on any atom is -0.477 e. The van der Waals surface area contributed by atoms with Crippen molar-refractivity contribution in [2.24, 2.45) is 0 Å². The van der Waals surface area contributed by atoms with E-state index in [0.29, 0.717) is 0 Å². The van der Waals surface area contributed by atoms with Crippen molar-refractivity contribution in [2.45, 2.75) is 12.3 Å². The third kappa shape index (κ3) is 4.25. The first-order valence-electron chi connectivity index (χ1n) is 4.39. The summed E-state index contributed by atoms with van der Waals surface area (Å²) in [7, 11) is 0.